The van der Waals surface area contributed by atoms with Gasteiger partial charge in [0.1, 0.15) is 0 Å². The maximum atomic E-state index is 4.93. The van der Waals surface area contributed by atoms with E-state index in [2.05, 4.69) is 62.4 Å². The first-order chi connectivity index (χ1) is 15.6. The average molecular weight is 426 g/mol. The van der Waals surface area contributed by atoms with E-state index in [0.29, 0.717) is 0 Å². The van der Waals surface area contributed by atoms with Crippen molar-refractivity contribution in [2.45, 2.75) is 66.2 Å². The van der Waals surface area contributed by atoms with E-state index in [1.165, 1.54) is 36.8 Å². The van der Waals surface area contributed by atoms with Crippen LogP contribution in [0.15, 0.2) is 76.7 Å². The second kappa shape index (κ2) is 12.1. The van der Waals surface area contributed by atoms with Crippen LogP contribution in [0.4, 0.5) is 11.4 Å². The Morgan fingerprint density at radius 2 is 1.06 bits per heavy atom. The molecule has 32 heavy (non-hydrogen) atoms. The fourth-order valence-electron chi connectivity index (χ4n) is 3.71. The molecule has 0 saturated carbocycles. The zero-order chi connectivity index (χ0) is 22.8. The van der Waals surface area contributed by atoms with E-state index in [-0.39, 0.29) is 0 Å². The summed E-state index contributed by atoms with van der Waals surface area (Å²) < 4.78 is 0. The fourth-order valence-corrected chi connectivity index (χ4v) is 3.71. The molecule has 0 saturated heterocycles. The van der Waals surface area contributed by atoms with Gasteiger partial charge in [0.15, 0.2) is 0 Å². The van der Waals surface area contributed by atoms with Gasteiger partial charge in [-0.15, -0.1) is 0 Å². The van der Waals surface area contributed by atoms with Crippen LogP contribution in [0, 0.1) is 0 Å². The Bertz CT molecular complexity index is 996. The van der Waals surface area contributed by atoms with Gasteiger partial charge in [0, 0.05) is 0 Å². The number of pyridine rings is 1. The molecule has 3 heteroatoms. The molecule has 166 valence electrons. The molecule has 0 aliphatic heterocycles. The van der Waals surface area contributed by atoms with Crippen molar-refractivity contribution in [1.82, 2.24) is 4.98 Å². The molecule has 3 rings (SSSR count). The van der Waals surface area contributed by atoms with Gasteiger partial charge in [-0.25, -0.2) is 4.98 Å². The maximum absolute atomic E-state index is 4.93. The lowest BCUT2D eigenvalue weighted by Crippen LogP contribution is -2.05. The summed E-state index contributed by atoms with van der Waals surface area (Å²) in [5, 5.41) is 0. The molecule has 1 aromatic heterocycles. The maximum Gasteiger partial charge on any atom is 0.0849 e. The van der Waals surface area contributed by atoms with Crippen molar-refractivity contribution in [3.8, 4) is 0 Å². The Morgan fingerprint density at radius 3 is 1.50 bits per heavy atom. The first kappa shape index (κ1) is 23.6. The fraction of sp³-hybridized carbons (Fsp3) is 0.345. The van der Waals surface area contributed by atoms with Gasteiger partial charge >= 0.3 is 0 Å². The SMILES string of the molecule is CCCCc1ccccc1N=C(C)c1cccc(C(C)=Nc2ccccc2CCCC)n1. The Hall–Kier alpha value is -3.07. The average Bonchev–Trinajstić information content (AvgIpc) is 2.83. The molecule has 0 aliphatic rings. The van der Waals surface area contributed by atoms with Crippen LogP contribution in [0.1, 0.15) is 75.9 Å². The highest BCUT2D eigenvalue weighted by Crippen LogP contribution is 2.23. The van der Waals surface area contributed by atoms with Gasteiger partial charge < -0.3 is 0 Å². The standard InChI is InChI=1S/C29H35N3/c1-5-7-14-24-16-9-11-18-28(24)30-22(3)26-20-13-21-27(32-26)23(4)31-29-19-12-10-17-25(29)15-8-6-2/h9-13,16-21H,5-8,14-15H2,1-4H3. The molecule has 0 fully saturated rings. The highest BCUT2D eigenvalue weighted by molar-refractivity contribution is 6.02. The quantitative estimate of drug-likeness (QED) is 0.303. The molecule has 0 amide bonds. The predicted molar refractivity (Wildman–Crippen MR) is 138 cm³/mol. The third-order valence-corrected chi connectivity index (χ3v) is 5.65. The molecule has 0 spiro atoms. The van der Waals surface area contributed by atoms with Crippen molar-refractivity contribution in [3.63, 3.8) is 0 Å². The van der Waals surface area contributed by atoms with E-state index < -0.39 is 0 Å². The number of aryl methyl sites for hydroxylation is 2. The molecule has 0 atom stereocenters. The van der Waals surface area contributed by atoms with Gasteiger partial charge in [-0.1, -0.05) is 69.2 Å². The summed E-state index contributed by atoms with van der Waals surface area (Å²) in [7, 11) is 0. The zero-order valence-corrected chi connectivity index (χ0v) is 19.9. The topological polar surface area (TPSA) is 37.6 Å². The van der Waals surface area contributed by atoms with Crippen molar-refractivity contribution >= 4 is 22.8 Å². The molecular weight excluding hydrogens is 390 g/mol. The molecule has 0 bridgehead atoms. The lowest BCUT2D eigenvalue weighted by atomic mass is 10.1. The molecule has 0 unspecified atom stereocenters. The van der Waals surface area contributed by atoms with Crippen molar-refractivity contribution in [3.05, 3.63) is 89.2 Å². The Balaban J connectivity index is 1.87. The first-order valence-corrected chi connectivity index (χ1v) is 11.9. The number of nitrogens with zero attached hydrogens (tertiary/aromatic N) is 3. The number of benzene rings is 2. The van der Waals surface area contributed by atoms with Crippen LogP contribution >= 0.6 is 0 Å². The zero-order valence-electron chi connectivity index (χ0n) is 19.9. The second-order valence-electron chi connectivity index (χ2n) is 8.27. The Labute approximate surface area is 193 Å². The normalized spacial score (nSPS) is 12.2. The highest BCUT2D eigenvalue weighted by atomic mass is 14.8. The molecule has 1 heterocycles. The monoisotopic (exact) mass is 425 g/mol. The lowest BCUT2D eigenvalue weighted by Gasteiger charge is -2.09. The molecule has 0 aliphatic carbocycles. The van der Waals surface area contributed by atoms with E-state index in [1.54, 1.807) is 0 Å². The predicted octanol–water partition coefficient (Wildman–Crippen LogP) is 8.05. The minimum atomic E-state index is 0.890. The summed E-state index contributed by atoms with van der Waals surface area (Å²) in [6.07, 6.45) is 6.82. The third-order valence-electron chi connectivity index (χ3n) is 5.65. The largest absolute Gasteiger partial charge is 0.251 e. The van der Waals surface area contributed by atoms with Gasteiger partial charge in [0.25, 0.3) is 0 Å². The molecule has 3 nitrogen and oxygen atoms in total. The van der Waals surface area contributed by atoms with Crippen molar-refractivity contribution in [2.24, 2.45) is 9.98 Å². The minimum Gasteiger partial charge on any atom is -0.251 e. The summed E-state index contributed by atoms with van der Waals surface area (Å²) in [5.74, 6) is 0. The number of unbranched alkanes of at least 4 members (excludes halogenated alkanes) is 2. The van der Waals surface area contributed by atoms with Crippen molar-refractivity contribution in [2.75, 3.05) is 0 Å². The van der Waals surface area contributed by atoms with Crippen LogP contribution in [0.3, 0.4) is 0 Å². The number of aliphatic imine (C=N–C) groups is 2. The van der Waals surface area contributed by atoms with Crippen molar-refractivity contribution in [1.29, 1.82) is 0 Å². The van der Waals surface area contributed by atoms with Crippen LogP contribution in [0.25, 0.3) is 0 Å². The lowest BCUT2D eigenvalue weighted by molar-refractivity contribution is 0.795. The number of hydrogen-bond donors (Lipinski definition) is 0. The van der Waals surface area contributed by atoms with Crippen LogP contribution < -0.4 is 0 Å². The van der Waals surface area contributed by atoms with E-state index in [4.69, 9.17) is 15.0 Å². The number of para-hydroxylation sites is 2. The summed E-state index contributed by atoms with van der Waals surface area (Å²) in [6, 6.07) is 22.9. The van der Waals surface area contributed by atoms with Gasteiger partial charge in [0.05, 0.1) is 34.2 Å². The highest BCUT2D eigenvalue weighted by Gasteiger charge is 2.08. The number of hydrogen-bond acceptors (Lipinski definition) is 3. The minimum absolute atomic E-state index is 0.890. The van der Waals surface area contributed by atoms with Crippen LogP contribution in [0.5, 0.6) is 0 Å². The second-order valence-corrected chi connectivity index (χ2v) is 8.27. The summed E-state index contributed by atoms with van der Waals surface area (Å²) >= 11 is 0. The third kappa shape index (κ3) is 6.46. The van der Waals surface area contributed by atoms with E-state index in [9.17, 15) is 0 Å². The van der Waals surface area contributed by atoms with Gasteiger partial charge in [-0.2, -0.15) is 0 Å². The summed E-state index contributed by atoms with van der Waals surface area (Å²) in [6.45, 7) is 8.52. The van der Waals surface area contributed by atoms with E-state index in [0.717, 1.165) is 47.0 Å². The Morgan fingerprint density at radius 1 is 0.625 bits per heavy atom. The van der Waals surface area contributed by atoms with E-state index in [1.807, 2.05) is 32.0 Å². The summed E-state index contributed by atoms with van der Waals surface area (Å²) in [4.78, 5) is 14.7. The molecule has 0 radical (unpaired) electrons. The molecular formula is C29H35N3. The van der Waals surface area contributed by atoms with Crippen molar-refractivity contribution < 1.29 is 0 Å². The molecule has 0 N–H and O–H groups in total. The van der Waals surface area contributed by atoms with Crippen LogP contribution in [-0.2, 0) is 12.8 Å². The van der Waals surface area contributed by atoms with Crippen LogP contribution in [0.2, 0.25) is 0 Å². The molecule has 2 aromatic carbocycles. The number of rotatable bonds is 10. The smallest absolute Gasteiger partial charge is 0.0849 e. The van der Waals surface area contributed by atoms with Gasteiger partial charge in [0.2, 0.25) is 0 Å². The van der Waals surface area contributed by atoms with E-state index >= 15 is 0 Å². The first-order valence-electron chi connectivity index (χ1n) is 11.9. The van der Waals surface area contributed by atoms with Crippen LogP contribution in [-0.4, -0.2) is 16.4 Å². The van der Waals surface area contributed by atoms with Gasteiger partial charge in [-0.05, 0) is 74.9 Å². The number of aromatic nitrogens is 1. The van der Waals surface area contributed by atoms with Gasteiger partial charge in [-0.3, -0.25) is 9.98 Å². The Kier molecular flexibility index (Phi) is 8.91. The molecule has 3 aromatic rings. The summed E-state index contributed by atoms with van der Waals surface area (Å²) in [5.41, 5.74) is 8.31.